The Bertz CT molecular complexity index is 692. The standard InChI is InChI=1S/C20H28N2O5/c1-13-17(26-16-8-6-5-7-15(16)25-13)18(23)21-14-9-11-22(12-10-14)19(24)27-20(2,3)4/h5-8,13-14,17H,9-12H2,1-4H3,(H,21,23)/t13-,17+/m1/s1. The summed E-state index contributed by atoms with van der Waals surface area (Å²) in [6.07, 6.45) is -0.000354. The zero-order valence-electron chi connectivity index (χ0n) is 16.4. The number of hydrogen-bond acceptors (Lipinski definition) is 5. The van der Waals surface area contributed by atoms with Gasteiger partial charge in [0.1, 0.15) is 11.7 Å². The van der Waals surface area contributed by atoms with E-state index in [-0.39, 0.29) is 24.1 Å². The number of para-hydroxylation sites is 2. The molecule has 1 N–H and O–H groups in total. The molecule has 0 bridgehead atoms. The van der Waals surface area contributed by atoms with Crippen molar-refractivity contribution in [1.29, 1.82) is 0 Å². The molecule has 0 unspecified atom stereocenters. The van der Waals surface area contributed by atoms with Crippen molar-refractivity contribution in [2.75, 3.05) is 13.1 Å². The number of nitrogens with one attached hydrogen (secondary N) is 1. The number of benzene rings is 1. The molecule has 0 radical (unpaired) electrons. The Balaban J connectivity index is 1.51. The fourth-order valence-corrected chi connectivity index (χ4v) is 3.22. The molecule has 1 saturated heterocycles. The highest BCUT2D eigenvalue weighted by atomic mass is 16.6. The third-order valence-corrected chi connectivity index (χ3v) is 4.59. The smallest absolute Gasteiger partial charge is 0.410 e. The number of ether oxygens (including phenoxy) is 3. The molecule has 2 aliphatic rings. The van der Waals surface area contributed by atoms with Crippen LogP contribution in [0.4, 0.5) is 4.79 Å². The molecule has 148 valence electrons. The predicted octanol–water partition coefficient (Wildman–Crippen LogP) is 2.73. The van der Waals surface area contributed by atoms with Crippen LogP contribution in [0.25, 0.3) is 0 Å². The van der Waals surface area contributed by atoms with E-state index in [9.17, 15) is 9.59 Å². The number of hydrogen-bond donors (Lipinski definition) is 1. The molecule has 0 aliphatic carbocycles. The Morgan fingerprint density at radius 3 is 2.30 bits per heavy atom. The summed E-state index contributed by atoms with van der Waals surface area (Å²) >= 11 is 0. The van der Waals surface area contributed by atoms with E-state index in [0.29, 0.717) is 37.4 Å². The minimum absolute atomic E-state index is 0.00385. The molecule has 2 heterocycles. The number of rotatable bonds is 2. The van der Waals surface area contributed by atoms with Gasteiger partial charge < -0.3 is 24.4 Å². The molecular formula is C20H28N2O5. The van der Waals surface area contributed by atoms with Crippen LogP contribution in [0.3, 0.4) is 0 Å². The van der Waals surface area contributed by atoms with Crippen LogP contribution in [0.15, 0.2) is 24.3 Å². The van der Waals surface area contributed by atoms with E-state index < -0.39 is 11.7 Å². The summed E-state index contributed by atoms with van der Waals surface area (Å²) in [6, 6.07) is 7.34. The molecule has 3 rings (SSSR count). The zero-order valence-corrected chi connectivity index (χ0v) is 16.4. The molecule has 7 nitrogen and oxygen atoms in total. The monoisotopic (exact) mass is 376 g/mol. The van der Waals surface area contributed by atoms with Crippen molar-refractivity contribution in [1.82, 2.24) is 10.2 Å². The molecule has 0 spiro atoms. The Morgan fingerprint density at radius 1 is 1.11 bits per heavy atom. The molecule has 0 aromatic heterocycles. The lowest BCUT2D eigenvalue weighted by Crippen LogP contribution is -2.54. The first-order valence-corrected chi connectivity index (χ1v) is 9.43. The summed E-state index contributed by atoms with van der Waals surface area (Å²) < 4.78 is 17.0. The van der Waals surface area contributed by atoms with Crippen LogP contribution < -0.4 is 14.8 Å². The molecule has 2 atom stereocenters. The molecule has 2 amide bonds. The highest BCUT2D eigenvalue weighted by Crippen LogP contribution is 2.33. The van der Waals surface area contributed by atoms with Gasteiger partial charge >= 0.3 is 6.09 Å². The van der Waals surface area contributed by atoms with Crippen LogP contribution in [0.5, 0.6) is 11.5 Å². The summed E-state index contributed by atoms with van der Waals surface area (Å²) in [4.78, 5) is 26.5. The average Bonchev–Trinajstić information content (AvgIpc) is 2.60. The summed E-state index contributed by atoms with van der Waals surface area (Å²) in [6.45, 7) is 8.49. The molecular weight excluding hydrogens is 348 g/mol. The molecule has 27 heavy (non-hydrogen) atoms. The van der Waals surface area contributed by atoms with E-state index in [1.165, 1.54) is 0 Å². The Labute approximate surface area is 160 Å². The number of piperidine rings is 1. The number of carbonyl (C=O) groups is 2. The minimum Gasteiger partial charge on any atom is -0.482 e. The van der Waals surface area contributed by atoms with E-state index in [0.717, 1.165) is 0 Å². The maximum atomic E-state index is 12.7. The van der Waals surface area contributed by atoms with Gasteiger partial charge in [0.05, 0.1) is 0 Å². The normalized spacial score (nSPS) is 22.9. The fourth-order valence-electron chi connectivity index (χ4n) is 3.22. The SMILES string of the molecule is C[C@H]1Oc2ccccc2O[C@@H]1C(=O)NC1CCN(C(=O)OC(C)(C)C)CC1. The van der Waals surface area contributed by atoms with E-state index in [4.69, 9.17) is 14.2 Å². The van der Waals surface area contributed by atoms with Gasteiger partial charge in [0, 0.05) is 19.1 Å². The van der Waals surface area contributed by atoms with Crippen LogP contribution in [0, 0.1) is 0 Å². The first-order valence-electron chi connectivity index (χ1n) is 9.43. The van der Waals surface area contributed by atoms with Gasteiger partial charge in [-0.25, -0.2) is 4.79 Å². The van der Waals surface area contributed by atoms with E-state index in [1.807, 2.05) is 45.9 Å². The first-order chi connectivity index (χ1) is 12.7. The summed E-state index contributed by atoms with van der Waals surface area (Å²) in [5.41, 5.74) is -0.507. The van der Waals surface area contributed by atoms with Crippen LogP contribution >= 0.6 is 0 Å². The van der Waals surface area contributed by atoms with Gasteiger partial charge in [0.25, 0.3) is 5.91 Å². The fraction of sp³-hybridized carbons (Fsp3) is 0.600. The van der Waals surface area contributed by atoms with Crippen LogP contribution in [0.2, 0.25) is 0 Å². The Morgan fingerprint density at radius 2 is 1.70 bits per heavy atom. The van der Waals surface area contributed by atoms with Crippen molar-refractivity contribution in [2.45, 2.75) is 64.4 Å². The van der Waals surface area contributed by atoms with Crippen molar-refractivity contribution in [2.24, 2.45) is 0 Å². The number of fused-ring (bicyclic) bond motifs is 1. The van der Waals surface area contributed by atoms with Gasteiger partial charge in [-0.1, -0.05) is 12.1 Å². The predicted molar refractivity (Wildman–Crippen MR) is 99.9 cm³/mol. The van der Waals surface area contributed by atoms with Gasteiger partial charge in [-0.15, -0.1) is 0 Å². The summed E-state index contributed by atoms with van der Waals surface area (Å²) in [5.74, 6) is 1.04. The van der Waals surface area contributed by atoms with Gasteiger partial charge in [0.15, 0.2) is 11.5 Å². The highest BCUT2D eigenvalue weighted by Gasteiger charge is 2.36. The van der Waals surface area contributed by atoms with Crippen molar-refractivity contribution in [3.05, 3.63) is 24.3 Å². The maximum Gasteiger partial charge on any atom is 0.410 e. The van der Waals surface area contributed by atoms with Crippen molar-refractivity contribution in [3.63, 3.8) is 0 Å². The van der Waals surface area contributed by atoms with Crippen LogP contribution in [0.1, 0.15) is 40.5 Å². The first kappa shape index (κ1) is 19.3. The molecule has 0 saturated carbocycles. The quantitative estimate of drug-likeness (QED) is 0.859. The third kappa shape index (κ3) is 4.84. The van der Waals surface area contributed by atoms with Gasteiger partial charge in [-0.05, 0) is 52.7 Å². The molecule has 1 aromatic carbocycles. The number of likely N-dealkylation sites (tertiary alicyclic amines) is 1. The molecule has 7 heteroatoms. The third-order valence-electron chi connectivity index (χ3n) is 4.59. The lowest BCUT2D eigenvalue weighted by Gasteiger charge is -2.35. The lowest BCUT2D eigenvalue weighted by atomic mass is 10.0. The zero-order chi connectivity index (χ0) is 19.6. The van der Waals surface area contributed by atoms with E-state index in [2.05, 4.69) is 5.32 Å². The number of amides is 2. The lowest BCUT2D eigenvalue weighted by molar-refractivity contribution is -0.134. The molecule has 1 aromatic rings. The van der Waals surface area contributed by atoms with Gasteiger partial charge in [0.2, 0.25) is 6.10 Å². The van der Waals surface area contributed by atoms with Gasteiger partial charge in [-0.2, -0.15) is 0 Å². The van der Waals surface area contributed by atoms with Crippen molar-refractivity contribution in [3.8, 4) is 11.5 Å². The van der Waals surface area contributed by atoms with E-state index in [1.54, 1.807) is 11.0 Å². The maximum absolute atomic E-state index is 12.7. The second-order valence-electron chi connectivity index (χ2n) is 8.06. The Hall–Kier alpha value is -2.44. The number of nitrogens with zero attached hydrogens (tertiary/aromatic N) is 1. The molecule has 1 fully saturated rings. The number of carbonyl (C=O) groups excluding carboxylic acids is 2. The summed E-state index contributed by atoms with van der Waals surface area (Å²) in [7, 11) is 0. The van der Waals surface area contributed by atoms with Crippen molar-refractivity contribution >= 4 is 12.0 Å². The Kier molecular flexibility index (Phi) is 5.48. The second-order valence-corrected chi connectivity index (χ2v) is 8.06. The van der Waals surface area contributed by atoms with Crippen LogP contribution in [-0.4, -0.2) is 53.8 Å². The molecule has 2 aliphatic heterocycles. The van der Waals surface area contributed by atoms with Crippen molar-refractivity contribution < 1.29 is 23.8 Å². The average molecular weight is 376 g/mol. The van der Waals surface area contributed by atoms with Gasteiger partial charge in [-0.3, -0.25) is 4.79 Å². The largest absolute Gasteiger partial charge is 0.482 e. The van der Waals surface area contributed by atoms with Crippen LogP contribution in [-0.2, 0) is 9.53 Å². The second kappa shape index (κ2) is 7.66. The van der Waals surface area contributed by atoms with E-state index >= 15 is 0 Å². The highest BCUT2D eigenvalue weighted by molar-refractivity contribution is 5.82. The topological polar surface area (TPSA) is 77.1 Å². The summed E-state index contributed by atoms with van der Waals surface area (Å²) in [5, 5.41) is 3.03. The minimum atomic E-state index is -0.691.